The Morgan fingerprint density at radius 1 is 1.43 bits per heavy atom. The van der Waals surface area contributed by atoms with Gasteiger partial charge in [0, 0.05) is 6.04 Å². The average molecular weight is 199 g/mol. The molecular weight excluding hydrogens is 182 g/mol. The minimum Gasteiger partial charge on any atom is -0.368 e. The summed E-state index contributed by atoms with van der Waals surface area (Å²) in [5.74, 6) is -0.350. The quantitative estimate of drug-likeness (QED) is 0.601. The second kappa shape index (κ2) is 3.96. The van der Waals surface area contributed by atoms with E-state index in [0.29, 0.717) is 12.3 Å². The van der Waals surface area contributed by atoms with Gasteiger partial charge in [-0.2, -0.15) is 0 Å². The van der Waals surface area contributed by atoms with Crippen molar-refractivity contribution in [2.45, 2.75) is 32.4 Å². The van der Waals surface area contributed by atoms with Crippen LogP contribution in [0, 0.1) is 5.92 Å². The van der Waals surface area contributed by atoms with Gasteiger partial charge in [-0.05, 0) is 19.3 Å². The first-order chi connectivity index (χ1) is 6.49. The lowest BCUT2D eigenvalue weighted by atomic mass is 10.0. The van der Waals surface area contributed by atoms with E-state index in [1.807, 2.05) is 13.8 Å². The standard InChI is InChI=1S/C9H17N3O2/c1-5-3-7(9(11)14)12(6(5)2)8(13)4-10/h5-7H,3-4,10H2,1-2H3,(H2,11,14)/t5-,6+,7-/m0/s1. The zero-order valence-corrected chi connectivity index (χ0v) is 8.56. The Hall–Kier alpha value is -1.10. The lowest BCUT2D eigenvalue weighted by Gasteiger charge is -2.26. The summed E-state index contributed by atoms with van der Waals surface area (Å²) >= 11 is 0. The normalized spacial score (nSPS) is 31.9. The summed E-state index contributed by atoms with van der Waals surface area (Å²) in [6, 6.07) is -0.431. The predicted octanol–water partition coefficient (Wildman–Crippen LogP) is -0.944. The van der Waals surface area contributed by atoms with E-state index >= 15 is 0 Å². The maximum absolute atomic E-state index is 11.5. The molecule has 0 radical (unpaired) electrons. The van der Waals surface area contributed by atoms with Crippen LogP contribution in [0.4, 0.5) is 0 Å². The van der Waals surface area contributed by atoms with E-state index in [1.54, 1.807) is 0 Å². The molecule has 0 bridgehead atoms. The van der Waals surface area contributed by atoms with Gasteiger partial charge in [-0.15, -0.1) is 0 Å². The molecule has 0 aromatic rings. The number of amides is 2. The molecular formula is C9H17N3O2. The molecule has 0 aromatic carbocycles. The van der Waals surface area contributed by atoms with Crippen LogP contribution in [0.25, 0.3) is 0 Å². The van der Waals surface area contributed by atoms with E-state index in [2.05, 4.69) is 0 Å². The monoisotopic (exact) mass is 199 g/mol. The van der Waals surface area contributed by atoms with Crippen molar-refractivity contribution >= 4 is 11.8 Å². The molecule has 0 unspecified atom stereocenters. The minimum absolute atomic E-state index is 0.0450. The fourth-order valence-electron chi connectivity index (χ4n) is 1.98. The van der Waals surface area contributed by atoms with E-state index in [-0.39, 0.29) is 18.5 Å². The lowest BCUT2D eigenvalue weighted by Crippen LogP contribution is -2.49. The summed E-state index contributed by atoms with van der Waals surface area (Å²) < 4.78 is 0. The van der Waals surface area contributed by atoms with E-state index < -0.39 is 11.9 Å². The molecule has 1 heterocycles. The first-order valence-corrected chi connectivity index (χ1v) is 4.79. The van der Waals surface area contributed by atoms with Gasteiger partial charge >= 0.3 is 0 Å². The Labute approximate surface area is 83.4 Å². The molecule has 80 valence electrons. The second-order valence-electron chi connectivity index (χ2n) is 3.88. The molecule has 1 aliphatic rings. The number of hydrogen-bond donors (Lipinski definition) is 2. The van der Waals surface area contributed by atoms with Crippen molar-refractivity contribution in [2.75, 3.05) is 6.54 Å². The lowest BCUT2D eigenvalue weighted by molar-refractivity contribution is -0.137. The molecule has 0 aliphatic carbocycles. The number of primary amides is 1. The van der Waals surface area contributed by atoms with Crippen molar-refractivity contribution in [3.8, 4) is 0 Å². The van der Waals surface area contributed by atoms with Crippen LogP contribution in [0.3, 0.4) is 0 Å². The summed E-state index contributed by atoms with van der Waals surface area (Å²) in [4.78, 5) is 24.1. The largest absolute Gasteiger partial charge is 0.368 e. The Morgan fingerprint density at radius 2 is 2.00 bits per heavy atom. The van der Waals surface area contributed by atoms with E-state index in [4.69, 9.17) is 11.5 Å². The van der Waals surface area contributed by atoms with Crippen molar-refractivity contribution in [3.05, 3.63) is 0 Å². The molecule has 0 saturated carbocycles. The third kappa shape index (κ3) is 1.72. The molecule has 4 N–H and O–H groups in total. The Morgan fingerprint density at radius 3 is 2.43 bits per heavy atom. The SMILES string of the molecule is C[C@@H]1[C@@H](C)C[C@@H](C(N)=O)N1C(=O)CN. The van der Waals surface area contributed by atoms with Gasteiger partial charge < -0.3 is 16.4 Å². The van der Waals surface area contributed by atoms with Crippen LogP contribution in [-0.4, -0.2) is 35.3 Å². The van der Waals surface area contributed by atoms with Crippen LogP contribution in [0.1, 0.15) is 20.3 Å². The maximum Gasteiger partial charge on any atom is 0.240 e. The number of carbonyl (C=O) groups excluding carboxylic acids is 2. The van der Waals surface area contributed by atoms with E-state index in [0.717, 1.165) is 0 Å². The number of likely N-dealkylation sites (tertiary alicyclic amines) is 1. The van der Waals surface area contributed by atoms with Crippen molar-refractivity contribution < 1.29 is 9.59 Å². The van der Waals surface area contributed by atoms with E-state index in [9.17, 15) is 9.59 Å². The highest BCUT2D eigenvalue weighted by molar-refractivity contribution is 5.88. The van der Waals surface area contributed by atoms with Crippen LogP contribution in [0.5, 0.6) is 0 Å². The van der Waals surface area contributed by atoms with Gasteiger partial charge in [0.2, 0.25) is 11.8 Å². The highest BCUT2D eigenvalue weighted by Crippen LogP contribution is 2.29. The highest BCUT2D eigenvalue weighted by Gasteiger charge is 2.41. The van der Waals surface area contributed by atoms with Crippen molar-refractivity contribution in [2.24, 2.45) is 17.4 Å². The van der Waals surface area contributed by atoms with Crippen LogP contribution >= 0.6 is 0 Å². The van der Waals surface area contributed by atoms with Crippen molar-refractivity contribution in [1.29, 1.82) is 0 Å². The highest BCUT2D eigenvalue weighted by atomic mass is 16.2. The summed E-state index contributed by atoms with van der Waals surface area (Å²) in [6.45, 7) is 3.85. The number of nitrogens with two attached hydrogens (primary N) is 2. The van der Waals surface area contributed by atoms with Gasteiger partial charge in [-0.25, -0.2) is 0 Å². The van der Waals surface area contributed by atoms with Crippen LogP contribution in [0.15, 0.2) is 0 Å². The van der Waals surface area contributed by atoms with Crippen molar-refractivity contribution in [1.82, 2.24) is 4.90 Å². The van der Waals surface area contributed by atoms with Crippen LogP contribution in [0.2, 0.25) is 0 Å². The minimum atomic E-state index is -0.476. The Bertz CT molecular complexity index is 254. The second-order valence-corrected chi connectivity index (χ2v) is 3.88. The zero-order chi connectivity index (χ0) is 10.9. The first kappa shape index (κ1) is 11.0. The summed E-state index contributed by atoms with van der Waals surface area (Å²) in [5.41, 5.74) is 10.5. The third-order valence-electron chi connectivity index (χ3n) is 2.98. The fraction of sp³-hybridized carbons (Fsp3) is 0.778. The number of nitrogens with zero attached hydrogens (tertiary/aromatic N) is 1. The maximum atomic E-state index is 11.5. The predicted molar refractivity (Wildman–Crippen MR) is 52.1 cm³/mol. The van der Waals surface area contributed by atoms with Crippen LogP contribution in [-0.2, 0) is 9.59 Å². The van der Waals surface area contributed by atoms with Gasteiger partial charge in [0.1, 0.15) is 6.04 Å². The molecule has 2 amide bonds. The summed E-state index contributed by atoms with van der Waals surface area (Å²) in [7, 11) is 0. The van der Waals surface area contributed by atoms with Gasteiger partial charge in [0.15, 0.2) is 0 Å². The number of hydrogen-bond acceptors (Lipinski definition) is 3. The Kier molecular flexibility index (Phi) is 3.10. The molecule has 1 fully saturated rings. The average Bonchev–Trinajstić information content (AvgIpc) is 2.43. The Balaban J connectivity index is 2.86. The summed E-state index contributed by atoms with van der Waals surface area (Å²) in [6.07, 6.45) is 0.641. The molecule has 1 aliphatic heterocycles. The molecule has 3 atom stereocenters. The number of rotatable bonds is 2. The molecule has 1 saturated heterocycles. The first-order valence-electron chi connectivity index (χ1n) is 4.79. The molecule has 0 spiro atoms. The fourth-order valence-corrected chi connectivity index (χ4v) is 1.98. The molecule has 0 aromatic heterocycles. The molecule has 5 heteroatoms. The zero-order valence-electron chi connectivity index (χ0n) is 8.56. The summed E-state index contributed by atoms with van der Waals surface area (Å²) in [5, 5.41) is 0. The molecule has 5 nitrogen and oxygen atoms in total. The van der Waals surface area contributed by atoms with Gasteiger partial charge in [-0.3, -0.25) is 9.59 Å². The van der Waals surface area contributed by atoms with Gasteiger partial charge in [0.05, 0.1) is 6.54 Å². The van der Waals surface area contributed by atoms with Crippen molar-refractivity contribution in [3.63, 3.8) is 0 Å². The molecule has 14 heavy (non-hydrogen) atoms. The van der Waals surface area contributed by atoms with Gasteiger partial charge in [0.25, 0.3) is 0 Å². The van der Waals surface area contributed by atoms with E-state index in [1.165, 1.54) is 4.90 Å². The topological polar surface area (TPSA) is 89.4 Å². The van der Waals surface area contributed by atoms with Crippen LogP contribution < -0.4 is 11.5 Å². The smallest absolute Gasteiger partial charge is 0.240 e. The molecule has 1 rings (SSSR count). The number of carbonyl (C=O) groups is 2. The van der Waals surface area contributed by atoms with Gasteiger partial charge in [-0.1, -0.05) is 6.92 Å². The third-order valence-corrected chi connectivity index (χ3v) is 2.98.